The predicted molar refractivity (Wildman–Crippen MR) is 330 cm³/mol. The summed E-state index contributed by atoms with van der Waals surface area (Å²) in [6.45, 7) is 6.46. The molecule has 0 spiro atoms. The molecule has 0 aromatic rings. The molecule has 0 saturated carbocycles. The van der Waals surface area contributed by atoms with Crippen LogP contribution in [-0.2, 0) is 28.6 Å². The monoisotopic (exact) mass is 1050 g/mol. The Morgan fingerprint density at radius 3 is 0.829 bits per heavy atom. The van der Waals surface area contributed by atoms with Crippen LogP contribution in [0.3, 0.4) is 0 Å². The number of hydrogen-bond donors (Lipinski definition) is 0. The lowest BCUT2D eigenvalue weighted by Gasteiger charge is -2.18. The van der Waals surface area contributed by atoms with Crippen LogP contribution in [0.25, 0.3) is 0 Å². The van der Waals surface area contributed by atoms with Crippen molar-refractivity contribution in [2.24, 2.45) is 0 Å². The van der Waals surface area contributed by atoms with Crippen LogP contribution in [0.5, 0.6) is 0 Å². The molecule has 0 fully saturated rings. The fraction of sp³-hybridized carbons (Fsp3) is 0.671. The minimum atomic E-state index is -0.801. The molecule has 1 atom stereocenters. The summed E-state index contributed by atoms with van der Waals surface area (Å²) in [5, 5.41) is 0. The lowest BCUT2D eigenvalue weighted by atomic mass is 10.1. The first-order valence-corrected chi connectivity index (χ1v) is 31.5. The van der Waals surface area contributed by atoms with E-state index in [-0.39, 0.29) is 31.1 Å². The first-order valence-electron chi connectivity index (χ1n) is 31.5. The SMILES string of the molecule is CC/C=C\C/C=C\C/C=C\C/C=C\C/C=C\CCCCCCCCCC(=O)OCC(COC(=O)CCCCCCC/C=C\C/C=C\CCCCCC)OC(=O)CCCCCCCC/C=C\C/C=C\C/C=C\CCCCC. The Bertz CT molecular complexity index is 1590. The van der Waals surface area contributed by atoms with Gasteiger partial charge in [-0.1, -0.05) is 251 Å². The zero-order chi connectivity index (χ0) is 55.0. The van der Waals surface area contributed by atoms with Crippen LogP contribution in [0.4, 0.5) is 0 Å². The van der Waals surface area contributed by atoms with E-state index in [1.165, 1.54) is 96.3 Å². The van der Waals surface area contributed by atoms with Gasteiger partial charge >= 0.3 is 17.9 Å². The molecule has 0 heterocycles. The van der Waals surface area contributed by atoms with Gasteiger partial charge in [0, 0.05) is 19.3 Å². The summed E-state index contributed by atoms with van der Waals surface area (Å²) in [4.78, 5) is 38.3. The van der Waals surface area contributed by atoms with Crippen molar-refractivity contribution in [2.75, 3.05) is 13.2 Å². The van der Waals surface area contributed by atoms with Crippen LogP contribution in [0.1, 0.15) is 284 Å². The van der Waals surface area contributed by atoms with Gasteiger partial charge in [0.15, 0.2) is 6.10 Å². The number of hydrogen-bond acceptors (Lipinski definition) is 6. The summed E-state index contributed by atoms with van der Waals surface area (Å²) in [6.07, 6.45) is 87.6. The maximum absolute atomic E-state index is 12.9. The number of ether oxygens (including phenoxy) is 3. The predicted octanol–water partition coefficient (Wildman–Crippen LogP) is 21.6. The summed E-state index contributed by atoms with van der Waals surface area (Å²) < 4.78 is 16.9. The van der Waals surface area contributed by atoms with E-state index in [1.807, 2.05) is 0 Å². The summed E-state index contributed by atoms with van der Waals surface area (Å²) >= 11 is 0. The molecule has 0 aromatic carbocycles. The molecule has 0 aliphatic heterocycles. The number of carbonyl (C=O) groups excluding carboxylic acids is 3. The topological polar surface area (TPSA) is 78.9 Å². The fourth-order valence-electron chi connectivity index (χ4n) is 8.45. The second-order valence-electron chi connectivity index (χ2n) is 20.6. The molecule has 0 aliphatic carbocycles. The van der Waals surface area contributed by atoms with Crippen LogP contribution in [0, 0.1) is 0 Å². The quantitative estimate of drug-likeness (QED) is 0.0261. The normalized spacial score (nSPS) is 12.9. The minimum absolute atomic E-state index is 0.0964. The van der Waals surface area contributed by atoms with Crippen molar-refractivity contribution in [2.45, 2.75) is 290 Å². The summed E-state index contributed by atoms with van der Waals surface area (Å²) in [5.74, 6) is -0.929. The number of unbranched alkanes of at least 4 members (excludes halogenated alkanes) is 25. The lowest BCUT2D eigenvalue weighted by molar-refractivity contribution is -0.167. The van der Waals surface area contributed by atoms with Crippen LogP contribution < -0.4 is 0 Å². The largest absolute Gasteiger partial charge is 0.462 e. The minimum Gasteiger partial charge on any atom is -0.462 e. The van der Waals surface area contributed by atoms with Gasteiger partial charge in [0.1, 0.15) is 13.2 Å². The highest BCUT2D eigenvalue weighted by molar-refractivity contribution is 5.71. The smallest absolute Gasteiger partial charge is 0.306 e. The first kappa shape index (κ1) is 71.8. The zero-order valence-corrected chi connectivity index (χ0v) is 49.5. The van der Waals surface area contributed by atoms with Crippen molar-refractivity contribution in [3.05, 3.63) is 122 Å². The molecule has 0 rings (SSSR count). The van der Waals surface area contributed by atoms with Crippen molar-refractivity contribution in [3.63, 3.8) is 0 Å². The molecule has 0 N–H and O–H groups in total. The van der Waals surface area contributed by atoms with Gasteiger partial charge in [-0.2, -0.15) is 0 Å². The van der Waals surface area contributed by atoms with E-state index in [2.05, 4.69) is 142 Å². The molecule has 0 amide bonds. The summed E-state index contributed by atoms with van der Waals surface area (Å²) in [7, 11) is 0. The molecule has 6 heteroatoms. The third kappa shape index (κ3) is 60.7. The van der Waals surface area contributed by atoms with E-state index in [9.17, 15) is 14.4 Å². The molecule has 432 valence electrons. The number of allylic oxidation sites excluding steroid dienone is 20. The van der Waals surface area contributed by atoms with E-state index < -0.39 is 6.10 Å². The maximum atomic E-state index is 12.9. The average molecular weight is 1050 g/mol. The van der Waals surface area contributed by atoms with Gasteiger partial charge in [-0.15, -0.1) is 0 Å². The average Bonchev–Trinajstić information content (AvgIpc) is 3.42. The Labute approximate surface area is 469 Å². The van der Waals surface area contributed by atoms with Gasteiger partial charge in [-0.3, -0.25) is 14.4 Å². The van der Waals surface area contributed by atoms with Gasteiger partial charge in [-0.25, -0.2) is 0 Å². The van der Waals surface area contributed by atoms with Crippen LogP contribution in [-0.4, -0.2) is 37.2 Å². The Hall–Kier alpha value is -4.19. The highest BCUT2D eigenvalue weighted by Gasteiger charge is 2.19. The standard InChI is InChI=1S/C70H116O6/c1-4-7-10-13-16-19-22-25-28-31-33-34-35-36-38-39-42-45-48-51-54-57-60-63-69(72)75-66-67(65-74-68(71)62-59-56-53-50-47-44-41-30-27-24-21-18-15-12-9-6-3)76-70(73)64-61-58-55-52-49-46-43-40-37-32-29-26-23-20-17-14-11-8-5-2/h7,10,16-17,19-21,24-26,28-30,33-34,36-38,40-41,67H,4-6,8-9,11-15,18,22-23,27,31-32,35,39,42-66H2,1-3H3/b10-7-,19-16-,20-17-,24-21-,28-25-,29-26-,34-33-,38-36-,40-37-,41-30-. The van der Waals surface area contributed by atoms with Gasteiger partial charge in [-0.05, 0) is 135 Å². The van der Waals surface area contributed by atoms with Crippen LogP contribution in [0.15, 0.2) is 122 Å². The molecular formula is C70H116O6. The molecule has 76 heavy (non-hydrogen) atoms. The molecule has 0 saturated heterocycles. The Kier molecular flexibility index (Phi) is 59.9. The molecule has 1 unspecified atom stereocenters. The molecule has 0 bridgehead atoms. The second kappa shape index (κ2) is 63.3. The lowest BCUT2D eigenvalue weighted by Crippen LogP contribution is -2.30. The third-order valence-electron chi connectivity index (χ3n) is 13.2. The van der Waals surface area contributed by atoms with Crippen LogP contribution >= 0.6 is 0 Å². The molecule has 6 nitrogen and oxygen atoms in total. The van der Waals surface area contributed by atoms with Crippen molar-refractivity contribution in [1.82, 2.24) is 0 Å². The van der Waals surface area contributed by atoms with E-state index in [4.69, 9.17) is 14.2 Å². The van der Waals surface area contributed by atoms with Gasteiger partial charge in [0.25, 0.3) is 0 Å². The summed E-state index contributed by atoms with van der Waals surface area (Å²) in [6, 6.07) is 0. The van der Waals surface area contributed by atoms with Crippen molar-refractivity contribution >= 4 is 17.9 Å². The van der Waals surface area contributed by atoms with Crippen molar-refractivity contribution in [3.8, 4) is 0 Å². The van der Waals surface area contributed by atoms with Gasteiger partial charge < -0.3 is 14.2 Å². The number of carbonyl (C=O) groups is 3. The zero-order valence-electron chi connectivity index (χ0n) is 49.5. The van der Waals surface area contributed by atoms with Crippen LogP contribution in [0.2, 0.25) is 0 Å². The van der Waals surface area contributed by atoms with E-state index in [1.54, 1.807) is 0 Å². The van der Waals surface area contributed by atoms with Gasteiger partial charge in [0.05, 0.1) is 0 Å². The fourth-order valence-corrected chi connectivity index (χ4v) is 8.45. The first-order chi connectivity index (χ1) is 37.5. The third-order valence-corrected chi connectivity index (χ3v) is 13.2. The number of esters is 3. The Morgan fingerprint density at radius 2 is 0.513 bits per heavy atom. The Balaban J connectivity index is 4.46. The molecule has 0 aromatic heterocycles. The molecule has 0 aliphatic rings. The number of rotatable bonds is 56. The van der Waals surface area contributed by atoms with Crippen molar-refractivity contribution < 1.29 is 28.6 Å². The summed E-state index contributed by atoms with van der Waals surface area (Å²) in [5.41, 5.74) is 0. The molecular weight excluding hydrogens is 937 g/mol. The molecule has 0 radical (unpaired) electrons. The second-order valence-corrected chi connectivity index (χ2v) is 20.6. The van der Waals surface area contributed by atoms with E-state index in [0.29, 0.717) is 19.3 Å². The highest BCUT2D eigenvalue weighted by atomic mass is 16.6. The van der Waals surface area contributed by atoms with Gasteiger partial charge in [0.2, 0.25) is 0 Å². The van der Waals surface area contributed by atoms with Crippen molar-refractivity contribution in [1.29, 1.82) is 0 Å². The van der Waals surface area contributed by atoms with E-state index in [0.717, 1.165) is 148 Å². The Morgan fingerprint density at radius 1 is 0.276 bits per heavy atom. The highest BCUT2D eigenvalue weighted by Crippen LogP contribution is 2.14. The van der Waals surface area contributed by atoms with E-state index >= 15 is 0 Å². The maximum Gasteiger partial charge on any atom is 0.306 e.